The van der Waals surface area contributed by atoms with E-state index in [0.717, 1.165) is 11.0 Å². The van der Waals surface area contributed by atoms with Gasteiger partial charge in [0, 0.05) is 37.6 Å². The molecule has 1 saturated heterocycles. The van der Waals surface area contributed by atoms with Crippen molar-refractivity contribution in [2.24, 2.45) is 0 Å². The van der Waals surface area contributed by atoms with E-state index in [1.807, 2.05) is 30.3 Å². The molecule has 1 aliphatic rings. The van der Waals surface area contributed by atoms with Crippen molar-refractivity contribution < 1.29 is 22.2 Å². The average Bonchev–Trinajstić information content (AvgIpc) is 3.28. The lowest BCUT2D eigenvalue weighted by Crippen LogP contribution is -2.50. The summed E-state index contributed by atoms with van der Waals surface area (Å²) in [5.74, 6) is 0.689. The normalized spacial score (nSPS) is 16.1. The Morgan fingerprint density at radius 1 is 1.14 bits per heavy atom. The lowest BCUT2D eigenvalue weighted by Gasteiger charge is -2.33. The summed E-state index contributed by atoms with van der Waals surface area (Å²) in [6.45, 7) is 4.24. The Hall–Kier alpha value is -2.91. The van der Waals surface area contributed by atoms with E-state index in [9.17, 15) is 13.2 Å². The van der Waals surface area contributed by atoms with Crippen LogP contribution in [0, 0.1) is 13.8 Å². The van der Waals surface area contributed by atoms with Gasteiger partial charge in [-0.1, -0.05) is 23.4 Å². The number of carbonyl (C=O) groups is 1. The number of hydrogen-bond acceptors (Lipinski definition) is 6. The molecule has 29 heavy (non-hydrogen) atoms. The number of hydrogen-bond donors (Lipinski definition) is 0. The summed E-state index contributed by atoms with van der Waals surface area (Å²) in [6, 6.07) is 9.49. The molecule has 8 nitrogen and oxygen atoms in total. The van der Waals surface area contributed by atoms with Crippen molar-refractivity contribution in [3.63, 3.8) is 0 Å². The van der Waals surface area contributed by atoms with Gasteiger partial charge in [0.2, 0.25) is 15.9 Å². The number of furan rings is 1. The number of sulfonamides is 1. The fourth-order valence-electron chi connectivity index (χ4n) is 3.46. The van der Waals surface area contributed by atoms with Gasteiger partial charge in [-0.2, -0.15) is 4.31 Å². The van der Waals surface area contributed by atoms with E-state index in [0.29, 0.717) is 24.5 Å². The SMILES string of the molecule is Cc1noc(C)c1S(=O)(=O)N1CCN(C(=O)/C=C/c2cc3ccccc3o2)CC1. The van der Waals surface area contributed by atoms with Gasteiger partial charge >= 0.3 is 0 Å². The summed E-state index contributed by atoms with van der Waals surface area (Å²) in [6.07, 6.45) is 3.09. The molecule has 1 aliphatic heterocycles. The third-order valence-electron chi connectivity index (χ3n) is 4.95. The number of aryl methyl sites for hydroxylation is 2. The number of nitrogens with zero attached hydrogens (tertiary/aromatic N) is 3. The summed E-state index contributed by atoms with van der Waals surface area (Å²) < 4.78 is 37.7. The number of fused-ring (bicyclic) bond motifs is 1. The number of amides is 1. The molecule has 0 spiro atoms. The van der Waals surface area contributed by atoms with Crippen LogP contribution in [0.25, 0.3) is 17.0 Å². The Kier molecular flexibility index (Phi) is 5.01. The molecule has 4 rings (SSSR count). The molecule has 0 atom stereocenters. The monoisotopic (exact) mass is 415 g/mol. The zero-order valence-corrected chi connectivity index (χ0v) is 17.0. The molecule has 0 N–H and O–H groups in total. The van der Waals surface area contributed by atoms with Crippen molar-refractivity contribution in [1.29, 1.82) is 0 Å². The Bertz CT molecular complexity index is 1130. The van der Waals surface area contributed by atoms with E-state index in [1.54, 1.807) is 24.8 Å². The van der Waals surface area contributed by atoms with Crippen molar-refractivity contribution >= 4 is 33.0 Å². The topological polar surface area (TPSA) is 96.9 Å². The Balaban J connectivity index is 1.40. The maximum atomic E-state index is 12.9. The predicted molar refractivity (Wildman–Crippen MR) is 107 cm³/mol. The van der Waals surface area contributed by atoms with Crippen LogP contribution in [0.1, 0.15) is 17.2 Å². The Morgan fingerprint density at radius 2 is 1.86 bits per heavy atom. The van der Waals surface area contributed by atoms with Crippen molar-refractivity contribution in [3.05, 3.63) is 53.6 Å². The Morgan fingerprint density at radius 3 is 2.52 bits per heavy atom. The van der Waals surface area contributed by atoms with Gasteiger partial charge in [-0.3, -0.25) is 4.79 Å². The van der Waals surface area contributed by atoms with Gasteiger partial charge in [-0.15, -0.1) is 0 Å². The molecule has 1 fully saturated rings. The highest BCUT2D eigenvalue weighted by molar-refractivity contribution is 7.89. The first-order valence-corrected chi connectivity index (χ1v) is 10.7. The molecule has 9 heteroatoms. The van der Waals surface area contributed by atoms with Crippen LogP contribution in [0.15, 0.2) is 50.2 Å². The quantitative estimate of drug-likeness (QED) is 0.608. The summed E-state index contributed by atoms with van der Waals surface area (Å²) >= 11 is 0. The van der Waals surface area contributed by atoms with Crippen molar-refractivity contribution in [2.45, 2.75) is 18.7 Å². The predicted octanol–water partition coefficient (Wildman–Crippen LogP) is 2.58. The second-order valence-corrected chi connectivity index (χ2v) is 8.78. The van der Waals surface area contributed by atoms with Crippen LogP contribution < -0.4 is 0 Å². The minimum Gasteiger partial charge on any atom is -0.457 e. The third kappa shape index (κ3) is 3.70. The maximum absolute atomic E-state index is 12.9. The Labute approximate surface area is 168 Å². The van der Waals surface area contributed by atoms with Gasteiger partial charge in [-0.25, -0.2) is 8.42 Å². The maximum Gasteiger partial charge on any atom is 0.248 e. The van der Waals surface area contributed by atoms with Crippen molar-refractivity contribution in [2.75, 3.05) is 26.2 Å². The number of benzene rings is 1. The van der Waals surface area contributed by atoms with Crippen LogP contribution in [0.2, 0.25) is 0 Å². The molecule has 3 heterocycles. The number of para-hydroxylation sites is 1. The highest BCUT2D eigenvalue weighted by Crippen LogP contribution is 2.24. The molecule has 1 amide bonds. The summed E-state index contributed by atoms with van der Waals surface area (Å²) in [4.78, 5) is 14.2. The van der Waals surface area contributed by atoms with Crippen LogP contribution in [-0.2, 0) is 14.8 Å². The molecule has 0 saturated carbocycles. The minimum absolute atomic E-state index is 0.113. The van der Waals surface area contributed by atoms with Crippen molar-refractivity contribution in [3.8, 4) is 0 Å². The smallest absolute Gasteiger partial charge is 0.248 e. The van der Waals surface area contributed by atoms with E-state index in [4.69, 9.17) is 8.94 Å². The van der Waals surface area contributed by atoms with E-state index < -0.39 is 10.0 Å². The molecular formula is C20H21N3O5S. The molecule has 2 aromatic heterocycles. The highest BCUT2D eigenvalue weighted by atomic mass is 32.2. The van der Waals surface area contributed by atoms with Gasteiger partial charge in [0.05, 0.1) is 0 Å². The molecule has 0 aliphatic carbocycles. The summed E-state index contributed by atoms with van der Waals surface area (Å²) in [5, 5.41) is 4.70. The van der Waals surface area contributed by atoms with Crippen LogP contribution >= 0.6 is 0 Å². The number of piperazine rings is 1. The third-order valence-corrected chi connectivity index (χ3v) is 7.09. The van der Waals surface area contributed by atoms with Gasteiger partial charge in [0.25, 0.3) is 0 Å². The molecule has 0 unspecified atom stereocenters. The first kappa shape index (κ1) is 19.4. The second kappa shape index (κ2) is 7.49. The van der Waals surface area contributed by atoms with E-state index in [2.05, 4.69) is 5.16 Å². The lowest BCUT2D eigenvalue weighted by atomic mass is 10.2. The fraction of sp³-hybridized carbons (Fsp3) is 0.300. The zero-order valence-electron chi connectivity index (χ0n) is 16.2. The first-order chi connectivity index (χ1) is 13.9. The van der Waals surface area contributed by atoms with Crippen molar-refractivity contribution in [1.82, 2.24) is 14.4 Å². The van der Waals surface area contributed by atoms with Gasteiger partial charge in [0.1, 0.15) is 21.9 Å². The molecule has 0 bridgehead atoms. The van der Waals surface area contributed by atoms with Crippen LogP contribution in [-0.4, -0.2) is 54.9 Å². The van der Waals surface area contributed by atoms with Gasteiger partial charge in [-0.05, 0) is 32.1 Å². The molecule has 1 aromatic carbocycles. The second-order valence-electron chi connectivity index (χ2n) is 6.90. The zero-order chi connectivity index (χ0) is 20.6. The summed E-state index contributed by atoms with van der Waals surface area (Å²) in [7, 11) is -3.69. The van der Waals surface area contributed by atoms with Gasteiger partial charge in [0.15, 0.2) is 5.76 Å². The van der Waals surface area contributed by atoms with Crippen LogP contribution in [0.4, 0.5) is 0 Å². The number of carbonyl (C=O) groups excluding carboxylic acids is 1. The molecular weight excluding hydrogens is 394 g/mol. The molecule has 152 valence electrons. The molecule has 3 aromatic rings. The van der Waals surface area contributed by atoms with Crippen LogP contribution in [0.3, 0.4) is 0 Å². The summed E-state index contributed by atoms with van der Waals surface area (Å²) in [5.41, 5.74) is 1.10. The first-order valence-electron chi connectivity index (χ1n) is 9.25. The minimum atomic E-state index is -3.69. The number of aromatic nitrogens is 1. The largest absolute Gasteiger partial charge is 0.457 e. The average molecular weight is 415 g/mol. The van der Waals surface area contributed by atoms with Gasteiger partial charge < -0.3 is 13.8 Å². The lowest BCUT2D eigenvalue weighted by molar-refractivity contribution is -0.127. The highest BCUT2D eigenvalue weighted by Gasteiger charge is 2.33. The fourth-order valence-corrected chi connectivity index (χ4v) is 5.18. The van der Waals surface area contributed by atoms with E-state index in [-0.39, 0.29) is 29.7 Å². The van der Waals surface area contributed by atoms with E-state index >= 15 is 0 Å². The number of rotatable bonds is 4. The molecule has 0 radical (unpaired) electrons. The van der Waals surface area contributed by atoms with Crippen LogP contribution in [0.5, 0.6) is 0 Å². The standard InChI is InChI=1S/C20H21N3O5S/c1-14-20(15(2)28-21-14)29(25,26)23-11-9-22(10-12-23)19(24)8-7-17-13-16-5-3-4-6-18(16)27-17/h3-8,13H,9-12H2,1-2H3/b8-7+. The van der Waals surface area contributed by atoms with E-state index in [1.165, 1.54) is 10.4 Å².